The molecular formula is C10H20O. The van der Waals surface area contributed by atoms with E-state index >= 15 is 0 Å². The molecule has 1 saturated carbocycles. The zero-order valence-corrected chi connectivity index (χ0v) is 7.68. The van der Waals surface area contributed by atoms with E-state index in [-0.39, 0.29) is 0 Å². The molecule has 0 aromatic rings. The third-order valence-electron chi connectivity index (χ3n) is 2.49. The second kappa shape index (κ2) is 3.14. The van der Waals surface area contributed by atoms with Crippen molar-refractivity contribution in [3.05, 3.63) is 0 Å². The van der Waals surface area contributed by atoms with Gasteiger partial charge < -0.3 is 4.74 Å². The zero-order valence-electron chi connectivity index (χ0n) is 10.7. The van der Waals surface area contributed by atoms with E-state index in [9.17, 15) is 0 Å². The maximum atomic E-state index is 7.04. The van der Waals surface area contributed by atoms with Crippen molar-refractivity contribution in [2.24, 2.45) is 11.8 Å². The van der Waals surface area contributed by atoms with E-state index in [1.54, 1.807) is 0 Å². The van der Waals surface area contributed by atoms with Crippen LogP contribution >= 0.6 is 0 Å². The van der Waals surface area contributed by atoms with E-state index in [0.717, 1.165) is 12.8 Å². The minimum absolute atomic E-state index is 0.398. The van der Waals surface area contributed by atoms with Crippen molar-refractivity contribution >= 4 is 0 Å². The van der Waals surface area contributed by atoms with Crippen LogP contribution in [0.2, 0.25) is 0 Å². The van der Waals surface area contributed by atoms with Crippen LogP contribution in [0, 0.1) is 11.8 Å². The summed E-state index contributed by atoms with van der Waals surface area (Å²) in [4.78, 5) is 0. The predicted octanol–water partition coefficient (Wildman–Crippen LogP) is 2.85. The van der Waals surface area contributed by atoms with Gasteiger partial charge in [-0.15, -0.1) is 0 Å². The maximum absolute atomic E-state index is 7.04. The average Bonchev–Trinajstić information content (AvgIpc) is 1.76. The van der Waals surface area contributed by atoms with Gasteiger partial charge in [0.25, 0.3) is 0 Å². The highest BCUT2D eigenvalue weighted by Gasteiger charge is 2.39. The highest BCUT2D eigenvalue weighted by molar-refractivity contribution is 4.91. The van der Waals surface area contributed by atoms with Gasteiger partial charge in [0, 0.05) is 7.04 Å². The second-order valence-corrected chi connectivity index (χ2v) is 4.46. The van der Waals surface area contributed by atoms with Crippen LogP contribution in [-0.4, -0.2) is 12.6 Å². The summed E-state index contributed by atoms with van der Waals surface area (Å²) in [7, 11) is -2.24. The molecule has 1 fully saturated rings. The molecule has 0 aromatic carbocycles. The quantitative estimate of drug-likeness (QED) is 0.615. The Kier molecular flexibility index (Phi) is 1.59. The van der Waals surface area contributed by atoms with Crippen LogP contribution in [0.1, 0.15) is 44.1 Å². The summed E-state index contributed by atoms with van der Waals surface area (Å²) < 4.78 is 26.2. The molecule has 1 heteroatoms. The monoisotopic (exact) mass is 159 g/mol. The van der Waals surface area contributed by atoms with E-state index in [1.165, 1.54) is 6.42 Å². The van der Waals surface area contributed by atoms with Gasteiger partial charge in [0.05, 0.1) is 9.71 Å². The van der Waals surface area contributed by atoms with Crippen molar-refractivity contribution in [1.29, 1.82) is 0 Å². The summed E-state index contributed by atoms with van der Waals surface area (Å²) in [6.07, 6.45) is 2.97. The Morgan fingerprint density at radius 1 is 1.64 bits per heavy atom. The Bertz CT molecular complexity index is 192. The molecule has 11 heavy (non-hydrogen) atoms. The zero-order chi connectivity index (χ0) is 11.0. The molecule has 0 spiro atoms. The third kappa shape index (κ3) is 2.19. The highest BCUT2D eigenvalue weighted by Crippen LogP contribution is 2.43. The fourth-order valence-electron chi connectivity index (χ4n) is 2.08. The molecule has 0 radical (unpaired) electrons. The largest absolute Gasteiger partial charge is 0.379 e. The molecule has 66 valence electrons. The van der Waals surface area contributed by atoms with Gasteiger partial charge in [-0.1, -0.05) is 13.8 Å². The molecule has 0 saturated heterocycles. The van der Waals surface area contributed by atoms with Gasteiger partial charge in [-0.05, 0) is 38.0 Å². The second-order valence-electron chi connectivity index (χ2n) is 4.46. The molecule has 1 rings (SSSR count). The van der Waals surface area contributed by atoms with Gasteiger partial charge in [0.1, 0.15) is 0 Å². The predicted molar refractivity (Wildman–Crippen MR) is 47.6 cm³/mol. The van der Waals surface area contributed by atoms with E-state index in [4.69, 9.17) is 8.85 Å². The average molecular weight is 159 g/mol. The van der Waals surface area contributed by atoms with Crippen LogP contribution in [0.15, 0.2) is 0 Å². The van der Waals surface area contributed by atoms with Crippen molar-refractivity contribution in [1.82, 2.24) is 0 Å². The SMILES string of the molecule is [2H]C([2H])([2H])OC1(C)CC(CC(C)C)C1. The third-order valence-corrected chi connectivity index (χ3v) is 2.49. The lowest BCUT2D eigenvalue weighted by atomic mass is 9.69. The molecule has 0 amide bonds. The molecule has 1 nitrogen and oxygen atoms in total. The van der Waals surface area contributed by atoms with Crippen molar-refractivity contribution in [2.45, 2.75) is 45.6 Å². The number of hydrogen-bond acceptors (Lipinski definition) is 1. The lowest BCUT2D eigenvalue weighted by Crippen LogP contribution is -2.43. The van der Waals surface area contributed by atoms with Crippen LogP contribution in [0.5, 0.6) is 0 Å². The van der Waals surface area contributed by atoms with Crippen LogP contribution in [-0.2, 0) is 4.74 Å². The number of hydrogen-bond donors (Lipinski definition) is 0. The van der Waals surface area contributed by atoms with E-state index in [1.807, 2.05) is 6.92 Å². The molecule has 0 N–H and O–H groups in total. The maximum Gasteiger partial charge on any atom is 0.0656 e. The van der Waals surface area contributed by atoms with Gasteiger partial charge in [0.15, 0.2) is 0 Å². The van der Waals surface area contributed by atoms with Gasteiger partial charge >= 0.3 is 0 Å². The fraction of sp³-hybridized carbons (Fsp3) is 1.00. The van der Waals surface area contributed by atoms with Gasteiger partial charge in [-0.3, -0.25) is 0 Å². The van der Waals surface area contributed by atoms with Crippen LogP contribution in [0.25, 0.3) is 0 Å². The molecule has 1 aliphatic rings. The van der Waals surface area contributed by atoms with Crippen molar-refractivity contribution in [3.8, 4) is 0 Å². The Morgan fingerprint density at radius 3 is 2.73 bits per heavy atom. The summed E-state index contributed by atoms with van der Waals surface area (Å²) in [6.45, 7) is 6.29. The molecule has 0 heterocycles. The first-order valence-electron chi connectivity index (χ1n) is 5.90. The van der Waals surface area contributed by atoms with Crippen LogP contribution in [0.4, 0.5) is 0 Å². The first-order chi connectivity index (χ1) is 6.20. The van der Waals surface area contributed by atoms with E-state index in [0.29, 0.717) is 11.8 Å². The number of ether oxygens (including phenoxy) is 1. The molecule has 1 aliphatic carbocycles. The van der Waals surface area contributed by atoms with Crippen molar-refractivity contribution in [3.63, 3.8) is 0 Å². The highest BCUT2D eigenvalue weighted by atomic mass is 16.5. The smallest absolute Gasteiger partial charge is 0.0656 e. The van der Waals surface area contributed by atoms with E-state index in [2.05, 4.69) is 13.8 Å². The lowest BCUT2D eigenvalue weighted by molar-refractivity contribution is -0.0944. The summed E-state index contributed by atoms with van der Waals surface area (Å²) >= 11 is 0. The topological polar surface area (TPSA) is 9.23 Å². The summed E-state index contributed by atoms with van der Waals surface area (Å²) in [5, 5.41) is 0. The minimum atomic E-state index is -2.24. The summed E-state index contributed by atoms with van der Waals surface area (Å²) in [5.74, 6) is 1.35. The Labute approximate surface area is 74.3 Å². The first kappa shape index (κ1) is 5.58. The molecule has 0 unspecified atom stereocenters. The van der Waals surface area contributed by atoms with Gasteiger partial charge in [-0.25, -0.2) is 0 Å². The van der Waals surface area contributed by atoms with Crippen LogP contribution in [0.3, 0.4) is 0 Å². The number of methoxy groups -OCH3 is 1. The number of rotatable bonds is 3. The van der Waals surface area contributed by atoms with E-state index < -0.39 is 12.6 Å². The minimum Gasteiger partial charge on any atom is -0.379 e. The molecule has 0 bridgehead atoms. The normalized spacial score (nSPS) is 42.5. The lowest BCUT2D eigenvalue weighted by Gasteiger charge is -2.44. The van der Waals surface area contributed by atoms with Crippen molar-refractivity contribution < 1.29 is 8.85 Å². The molecular weight excluding hydrogens is 136 g/mol. The fourth-order valence-corrected chi connectivity index (χ4v) is 2.08. The molecule has 0 atom stereocenters. The molecule has 0 aromatic heterocycles. The first-order valence-corrected chi connectivity index (χ1v) is 4.40. The summed E-state index contributed by atoms with van der Waals surface area (Å²) in [5.41, 5.74) is -0.398. The van der Waals surface area contributed by atoms with Gasteiger partial charge in [0.2, 0.25) is 0 Å². The van der Waals surface area contributed by atoms with Crippen molar-refractivity contribution in [2.75, 3.05) is 7.04 Å². The standard InChI is InChI=1S/C10H20O/c1-8(2)5-9-6-10(3,7-9)11-4/h8-9H,5-7H2,1-4H3/i4D3. The Hall–Kier alpha value is -0.0400. The molecule has 0 aliphatic heterocycles. The van der Waals surface area contributed by atoms with Crippen LogP contribution < -0.4 is 0 Å². The Balaban J connectivity index is 2.30. The summed E-state index contributed by atoms with van der Waals surface area (Å²) in [6, 6.07) is 0. The van der Waals surface area contributed by atoms with Gasteiger partial charge in [-0.2, -0.15) is 0 Å². The Morgan fingerprint density at radius 2 is 2.27 bits per heavy atom.